The number of benzene rings is 1. The molecule has 3 heteroatoms. The maximum Gasteiger partial charge on any atom is 0.160 e. The molecule has 16 heavy (non-hydrogen) atoms. The molecule has 0 atom stereocenters. The van der Waals surface area contributed by atoms with E-state index in [0.717, 1.165) is 12.1 Å². The molecular formula is C13H13NO2. The normalized spacial score (nSPS) is 10.0. The monoisotopic (exact) mass is 215 g/mol. The van der Waals surface area contributed by atoms with E-state index in [4.69, 9.17) is 4.74 Å². The Kier molecular flexibility index (Phi) is 3.38. The summed E-state index contributed by atoms with van der Waals surface area (Å²) in [6.45, 7) is 0.509. The molecule has 2 aromatic rings. The van der Waals surface area contributed by atoms with E-state index in [1.807, 2.05) is 24.3 Å². The van der Waals surface area contributed by atoms with Crippen molar-refractivity contribution in [2.75, 3.05) is 6.61 Å². The number of aromatic nitrogens is 1. The van der Waals surface area contributed by atoms with Crippen LogP contribution >= 0.6 is 0 Å². The predicted molar refractivity (Wildman–Crippen MR) is 61.5 cm³/mol. The Bertz CT molecular complexity index is 443. The van der Waals surface area contributed by atoms with Crippen molar-refractivity contribution in [1.29, 1.82) is 0 Å². The van der Waals surface area contributed by atoms with Crippen molar-refractivity contribution >= 4 is 0 Å². The molecule has 1 aromatic carbocycles. The van der Waals surface area contributed by atoms with Crippen LogP contribution in [-0.2, 0) is 6.42 Å². The first-order valence-corrected chi connectivity index (χ1v) is 5.17. The number of aromatic hydroxyl groups is 1. The molecule has 1 heterocycles. The zero-order chi connectivity index (χ0) is 11.2. The third kappa shape index (κ3) is 2.73. The fourth-order valence-electron chi connectivity index (χ4n) is 1.39. The number of ether oxygens (including phenoxy) is 1. The molecule has 0 saturated carbocycles. The van der Waals surface area contributed by atoms with Gasteiger partial charge in [-0.25, -0.2) is 0 Å². The lowest BCUT2D eigenvalue weighted by Gasteiger charge is -2.06. The molecule has 2 rings (SSSR count). The highest BCUT2D eigenvalue weighted by Crippen LogP contribution is 2.24. The second-order valence-electron chi connectivity index (χ2n) is 3.39. The highest BCUT2D eigenvalue weighted by molar-refractivity contribution is 5.37. The van der Waals surface area contributed by atoms with E-state index in [0.29, 0.717) is 12.4 Å². The summed E-state index contributed by atoms with van der Waals surface area (Å²) in [4.78, 5) is 4.19. The number of phenolic OH excluding ortho intramolecular Hbond substituents is 1. The van der Waals surface area contributed by atoms with E-state index >= 15 is 0 Å². The van der Waals surface area contributed by atoms with Crippen molar-refractivity contribution in [3.8, 4) is 11.5 Å². The SMILES string of the molecule is Oc1ccccc1OCCc1ccccn1. The van der Waals surface area contributed by atoms with Crippen molar-refractivity contribution < 1.29 is 9.84 Å². The van der Waals surface area contributed by atoms with Gasteiger partial charge in [0.25, 0.3) is 0 Å². The number of hydrogen-bond donors (Lipinski definition) is 1. The van der Waals surface area contributed by atoms with Gasteiger partial charge in [0, 0.05) is 18.3 Å². The van der Waals surface area contributed by atoms with E-state index < -0.39 is 0 Å². The van der Waals surface area contributed by atoms with Gasteiger partial charge in [-0.05, 0) is 24.3 Å². The fourth-order valence-corrected chi connectivity index (χ4v) is 1.39. The molecule has 0 fully saturated rings. The quantitative estimate of drug-likeness (QED) is 0.851. The van der Waals surface area contributed by atoms with Crippen molar-refractivity contribution in [3.63, 3.8) is 0 Å². The lowest BCUT2D eigenvalue weighted by Crippen LogP contribution is -2.02. The summed E-state index contributed by atoms with van der Waals surface area (Å²) in [5, 5.41) is 9.47. The number of nitrogens with zero attached hydrogens (tertiary/aromatic N) is 1. The van der Waals surface area contributed by atoms with Crippen LogP contribution < -0.4 is 4.74 Å². The Labute approximate surface area is 94.3 Å². The zero-order valence-corrected chi connectivity index (χ0v) is 8.84. The van der Waals surface area contributed by atoms with Crippen molar-refractivity contribution in [3.05, 3.63) is 54.4 Å². The molecule has 1 N–H and O–H groups in total. The van der Waals surface area contributed by atoms with Gasteiger partial charge in [-0.15, -0.1) is 0 Å². The molecule has 0 saturated heterocycles. The summed E-state index contributed by atoms with van der Waals surface area (Å²) < 4.78 is 5.45. The predicted octanol–water partition coefficient (Wildman–Crippen LogP) is 2.41. The van der Waals surface area contributed by atoms with Crippen molar-refractivity contribution in [2.24, 2.45) is 0 Å². The smallest absolute Gasteiger partial charge is 0.160 e. The second kappa shape index (κ2) is 5.16. The summed E-state index contributed by atoms with van der Waals surface area (Å²) in [7, 11) is 0. The number of pyridine rings is 1. The first-order valence-electron chi connectivity index (χ1n) is 5.17. The van der Waals surface area contributed by atoms with E-state index in [2.05, 4.69) is 4.98 Å². The van der Waals surface area contributed by atoms with E-state index in [1.54, 1.807) is 24.4 Å². The van der Waals surface area contributed by atoms with Crippen LogP contribution in [0.15, 0.2) is 48.7 Å². The van der Waals surface area contributed by atoms with Gasteiger partial charge >= 0.3 is 0 Å². The van der Waals surface area contributed by atoms with Crippen LogP contribution in [-0.4, -0.2) is 16.7 Å². The Morgan fingerprint density at radius 3 is 2.62 bits per heavy atom. The highest BCUT2D eigenvalue weighted by atomic mass is 16.5. The Hall–Kier alpha value is -2.03. The topological polar surface area (TPSA) is 42.4 Å². The Morgan fingerprint density at radius 2 is 1.88 bits per heavy atom. The Morgan fingerprint density at radius 1 is 1.06 bits per heavy atom. The second-order valence-corrected chi connectivity index (χ2v) is 3.39. The molecule has 0 unspecified atom stereocenters. The van der Waals surface area contributed by atoms with Crippen molar-refractivity contribution in [2.45, 2.75) is 6.42 Å². The largest absolute Gasteiger partial charge is 0.504 e. The minimum atomic E-state index is 0.170. The lowest BCUT2D eigenvalue weighted by molar-refractivity contribution is 0.302. The Balaban J connectivity index is 1.87. The standard InChI is InChI=1S/C13H13NO2/c15-12-6-1-2-7-13(12)16-10-8-11-5-3-4-9-14-11/h1-7,9,15H,8,10H2. The first-order chi connectivity index (χ1) is 7.86. The van der Waals surface area contributed by atoms with Crippen LogP contribution in [0.4, 0.5) is 0 Å². The number of para-hydroxylation sites is 2. The first kappa shape index (κ1) is 10.5. The molecule has 0 amide bonds. The third-order valence-corrected chi connectivity index (χ3v) is 2.21. The van der Waals surface area contributed by atoms with Crippen LogP contribution in [0, 0.1) is 0 Å². The zero-order valence-electron chi connectivity index (χ0n) is 8.84. The molecule has 0 aliphatic rings. The maximum absolute atomic E-state index is 9.47. The van der Waals surface area contributed by atoms with Gasteiger partial charge in [0.1, 0.15) is 0 Å². The van der Waals surface area contributed by atoms with Crippen molar-refractivity contribution in [1.82, 2.24) is 4.98 Å². The molecule has 0 bridgehead atoms. The summed E-state index contributed by atoms with van der Waals surface area (Å²) >= 11 is 0. The summed E-state index contributed by atoms with van der Waals surface area (Å²) in [6.07, 6.45) is 2.49. The van der Waals surface area contributed by atoms with Crippen LogP contribution in [0.1, 0.15) is 5.69 Å². The third-order valence-electron chi connectivity index (χ3n) is 2.21. The minimum Gasteiger partial charge on any atom is -0.504 e. The molecular weight excluding hydrogens is 202 g/mol. The molecule has 0 aliphatic heterocycles. The fraction of sp³-hybridized carbons (Fsp3) is 0.154. The van der Waals surface area contributed by atoms with Gasteiger partial charge in [0.15, 0.2) is 11.5 Å². The molecule has 3 nitrogen and oxygen atoms in total. The number of hydrogen-bond acceptors (Lipinski definition) is 3. The maximum atomic E-state index is 9.47. The molecule has 82 valence electrons. The lowest BCUT2D eigenvalue weighted by atomic mass is 10.3. The average Bonchev–Trinajstić information content (AvgIpc) is 2.33. The van der Waals surface area contributed by atoms with E-state index in [9.17, 15) is 5.11 Å². The van der Waals surface area contributed by atoms with Gasteiger partial charge in [-0.3, -0.25) is 4.98 Å². The summed E-state index contributed by atoms with van der Waals surface area (Å²) in [5.74, 6) is 0.682. The van der Waals surface area contributed by atoms with E-state index in [-0.39, 0.29) is 5.75 Å². The van der Waals surface area contributed by atoms with Gasteiger partial charge in [0.05, 0.1) is 6.61 Å². The van der Waals surface area contributed by atoms with Crippen LogP contribution in [0.25, 0.3) is 0 Å². The highest BCUT2D eigenvalue weighted by Gasteiger charge is 2.00. The number of rotatable bonds is 4. The average molecular weight is 215 g/mol. The van der Waals surface area contributed by atoms with Gasteiger partial charge in [-0.2, -0.15) is 0 Å². The number of phenols is 1. The summed E-state index contributed by atoms with van der Waals surface area (Å²) in [5.41, 5.74) is 0.984. The molecule has 0 radical (unpaired) electrons. The van der Waals surface area contributed by atoms with Gasteiger partial charge in [-0.1, -0.05) is 18.2 Å². The van der Waals surface area contributed by atoms with Crippen LogP contribution in [0.5, 0.6) is 11.5 Å². The summed E-state index contributed by atoms with van der Waals surface area (Å²) in [6, 6.07) is 12.7. The van der Waals surface area contributed by atoms with E-state index in [1.165, 1.54) is 0 Å². The van der Waals surface area contributed by atoms with Gasteiger partial charge in [0.2, 0.25) is 0 Å². The minimum absolute atomic E-state index is 0.170. The molecule has 0 aliphatic carbocycles. The van der Waals surface area contributed by atoms with Gasteiger partial charge < -0.3 is 9.84 Å². The van der Waals surface area contributed by atoms with Crippen LogP contribution in [0.2, 0.25) is 0 Å². The van der Waals surface area contributed by atoms with Crippen LogP contribution in [0.3, 0.4) is 0 Å². The molecule has 0 spiro atoms. The molecule has 1 aromatic heterocycles.